The van der Waals surface area contributed by atoms with Crippen molar-refractivity contribution in [1.82, 2.24) is 0 Å². The highest BCUT2D eigenvalue weighted by atomic mass is 19.1. The summed E-state index contributed by atoms with van der Waals surface area (Å²) in [4.78, 5) is 0. The smallest absolute Gasteiger partial charge is 0.165 e. The number of hydrogen-bond donors (Lipinski definition) is 2. The Labute approximate surface area is 99.9 Å². The van der Waals surface area contributed by atoms with Gasteiger partial charge in [-0.1, -0.05) is 31.1 Å². The minimum atomic E-state index is -0.486. The highest BCUT2D eigenvalue weighted by Crippen LogP contribution is 2.22. The molecule has 0 fully saturated rings. The molecule has 0 aliphatic rings. The highest BCUT2D eigenvalue weighted by molar-refractivity contribution is 5.85. The van der Waals surface area contributed by atoms with E-state index >= 15 is 0 Å². The molecule has 0 aliphatic carbocycles. The van der Waals surface area contributed by atoms with Gasteiger partial charge in [-0.3, -0.25) is 0 Å². The molecule has 0 atom stereocenters. The molecule has 0 saturated heterocycles. The average Bonchev–Trinajstić information content (AvgIpc) is 2.30. The van der Waals surface area contributed by atoms with Crippen LogP contribution in [0.15, 0.2) is 29.4 Å². The van der Waals surface area contributed by atoms with Crippen LogP contribution in [0.25, 0.3) is 0 Å². The number of halogens is 1. The van der Waals surface area contributed by atoms with Gasteiger partial charge < -0.3 is 15.7 Å². The van der Waals surface area contributed by atoms with Crippen molar-refractivity contribution in [2.24, 2.45) is 16.3 Å². The molecule has 0 amide bonds. The van der Waals surface area contributed by atoms with Gasteiger partial charge in [0.2, 0.25) is 0 Å². The first-order valence-electron chi connectivity index (χ1n) is 5.32. The number of hydrogen-bond acceptors (Lipinski definition) is 3. The Hall–Kier alpha value is -1.78. The molecule has 0 spiro atoms. The molecule has 0 radical (unpaired) electrons. The number of benzene rings is 1. The van der Waals surface area contributed by atoms with Crippen LogP contribution in [0.1, 0.15) is 20.3 Å². The van der Waals surface area contributed by atoms with Crippen molar-refractivity contribution in [1.29, 1.82) is 0 Å². The number of para-hydroxylation sites is 1. The maximum atomic E-state index is 13.2. The minimum Gasteiger partial charge on any atom is -0.490 e. The largest absolute Gasteiger partial charge is 0.490 e. The molecule has 1 rings (SSSR count). The zero-order valence-electron chi connectivity index (χ0n) is 9.98. The number of amidine groups is 1. The van der Waals surface area contributed by atoms with Gasteiger partial charge in [-0.05, 0) is 18.6 Å². The summed E-state index contributed by atoms with van der Waals surface area (Å²) in [6.07, 6.45) is 0.525. The lowest BCUT2D eigenvalue weighted by molar-refractivity contribution is 0.251. The van der Waals surface area contributed by atoms with E-state index in [1.165, 1.54) is 6.07 Å². The van der Waals surface area contributed by atoms with E-state index in [0.717, 1.165) is 0 Å². The van der Waals surface area contributed by atoms with Crippen LogP contribution < -0.4 is 10.5 Å². The molecule has 5 heteroatoms. The average molecular weight is 240 g/mol. The lowest BCUT2D eigenvalue weighted by Gasteiger charge is -2.22. The number of nitrogens with two attached hydrogens (primary N) is 1. The van der Waals surface area contributed by atoms with Crippen molar-refractivity contribution in [3.05, 3.63) is 30.1 Å². The molecule has 17 heavy (non-hydrogen) atoms. The van der Waals surface area contributed by atoms with Gasteiger partial charge in [-0.2, -0.15) is 0 Å². The molecule has 0 saturated carbocycles. The fourth-order valence-electron chi connectivity index (χ4n) is 1.24. The maximum absolute atomic E-state index is 13.2. The molecule has 4 nitrogen and oxygen atoms in total. The van der Waals surface area contributed by atoms with E-state index in [1.54, 1.807) is 18.2 Å². The van der Waals surface area contributed by atoms with Gasteiger partial charge in [-0.15, -0.1) is 0 Å². The third-order valence-corrected chi connectivity index (χ3v) is 2.62. The van der Waals surface area contributed by atoms with Crippen LogP contribution in [0, 0.1) is 11.2 Å². The molecular formula is C12H17FN2O2. The molecule has 0 unspecified atom stereocenters. The standard InChI is InChI=1S/C12H17FN2O2/c1-12(2,11(14)15-16)7-8-17-10-6-4-3-5-9(10)13/h3-6,16H,7-8H2,1-2H3,(H2,14,15). The van der Waals surface area contributed by atoms with Gasteiger partial charge in [0, 0.05) is 5.41 Å². The van der Waals surface area contributed by atoms with E-state index in [1.807, 2.05) is 13.8 Å². The summed E-state index contributed by atoms with van der Waals surface area (Å²) >= 11 is 0. The summed E-state index contributed by atoms with van der Waals surface area (Å²) in [6, 6.07) is 6.20. The monoisotopic (exact) mass is 240 g/mol. The first-order chi connectivity index (χ1) is 7.97. The summed E-state index contributed by atoms with van der Waals surface area (Å²) < 4.78 is 18.5. The third-order valence-electron chi connectivity index (χ3n) is 2.62. The van der Waals surface area contributed by atoms with E-state index < -0.39 is 11.2 Å². The molecule has 0 aliphatic heterocycles. The zero-order valence-corrected chi connectivity index (χ0v) is 9.98. The van der Waals surface area contributed by atoms with Crippen molar-refractivity contribution < 1.29 is 14.3 Å². The fourth-order valence-corrected chi connectivity index (χ4v) is 1.24. The normalized spacial score (nSPS) is 12.5. The van der Waals surface area contributed by atoms with E-state index in [4.69, 9.17) is 15.7 Å². The minimum absolute atomic E-state index is 0.134. The summed E-state index contributed by atoms with van der Waals surface area (Å²) in [5.74, 6) is -0.0495. The molecule has 0 aromatic heterocycles. The number of ether oxygens (including phenoxy) is 1. The second-order valence-electron chi connectivity index (χ2n) is 4.40. The van der Waals surface area contributed by atoms with Crippen LogP contribution in [0.4, 0.5) is 4.39 Å². The quantitative estimate of drug-likeness (QED) is 0.359. The van der Waals surface area contributed by atoms with Gasteiger partial charge in [0.05, 0.1) is 6.61 Å². The topological polar surface area (TPSA) is 67.8 Å². The number of oxime groups is 1. The Balaban J connectivity index is 2.51. The lowest BCUT2D eigenvalue weighted by Crippen LogP contribution is -2.33. The van der Waals surface area contributed by atoms with Crippen LogP contribution in [0.2, 0.25) is 0 Å². The van der Waals surface area contributed by atoms with Crippen LogP contribution in [0.5, 0.6) is 5.75 Å². The molecule has 0 heterocycles. The lowest BCUT2D eigenvalue weighted by atomic mass is 9.88. The Kier molecular flexibility index (Phi) is 4.31. The summed E-state index contributed by atoms with van der Waals surface area (Å²) in [6.45, 7) is 3.95. The molecule has 0 bridgehead atoms. The summed E-state index contributed by atoms with van der Waals surface area (Å²) in [5, 5.41) is 11.6. The first kappa shape index (κ1) is 13.3. The van der Waals surface area contributed by atoms with E-state index in [0.29, 0.717) is 13.0 Å². The SMILES string of the molecule is CC(C)(CCOc1ccccc1F)C(N)=NO. The van der Waals surface area contributed by atoms with Gasteiger partial charge in [0.25, 0.3) is 0 Å². The van der Waals surface area contributed by atoms with E-state index in [2.05, 4.69) is 5.16 Å². The van der Waals surface area contributed by atoms with Crippen molar-refractivity contribution in [3.8, 4) is 5.75 Å². The number of rotatable bonds is 5. The molecule has 94 valence electrons. The van der Waals surface area contributed by atoms with Gasteiger partial charge >= 0.3 is 0 Å². The fraction of sp³-hybridized carbons (Fsp3) is 0.417. The highest BCUT2D eigenvalue weighted by Gasteiger charge is 2.23. The molecular weight excluding hydrogens is 223 g/mol. The van der Waals surface area contributed by atoms with Gasteiger partial charge in [0.1, 0.15) is 5.84 Å². The van der Waals surface area contributed by atoms with Gasteiger partial charge in [-0.25, -0.2) is 4.39 Å². The number of nitrogens with zero attached hydrogens (tertiary/aromatic N) is 1. The second kappa shape index (κ2) is 5.52. The second-order valence-corrected chi connectivity index (χ2v) is 4.40. The Morgan fingerprint density at radius 1 is 1.47 bits per heavy atom. The first-order valence-corrected chi connectivity index (χ1v) is 5.32. The predicted molar refractivity (Wildman–Crippen MR) is 63.7 cm³/mol. The Morgan fingerprint density at radius 2 is 2.12 bits per heavy atom. The molecule has 1 aromatic carbocycles. The zero-order chi connectivity index (χ0) is 12.9. The molecule has 1 aromatic rings. The van der Waals surface area contributed by atoms with E-state index in [9.17, 15) is 4.39 Å². The summed E-state index contributed by atoms with van der Waals surface area (Å²) in [5.41, 5.74) is 5.04. The van der Waals surface area contributed by atoms with Crippen molar-refractivity contribution >= 4 is 5.84 Å². The van der Waals surface area contributed by atoms with Crippen LogP contribution in [-0.2, 0) is 0 Å². The molecule has 3 N–H and O–H groups in total. The van der Waals surface area contributed by atoms with Crippen LogP contribution in [-0.4, -0.2) is 17.6 Å². The van der Waals surface area contributed by atoms with Crippen molar-refractivity contribution in [2.75, 3.05) is 6.61 Å². The van der Waals surface area contributed by atoms with Crippen LogP contribution in [0.3, 0.4) is 0 Å². The van der Waals surface area contributed by atoms with Gasteiger partial charge in [0.15, 0.2) is 11.6 Å². The van der Waals surface area contributed by atoms with Crippen molar-refractivity contribution in [2.45, 2.75) is 20.3 Å². The van der Waals surface area contributed by atoms with Crippen molar-refractivity contribution in [3.63, 3.8) is 0 Å². The van der Waals surface area contributed by atoms with E-state index in [-0.39, 0.29) is 11.6 Å². The Morgan fingerprint density at radius 3 is 2.71 bits per heavy atom. The predicted octanol–water partition coefficient (Wildman–Crippen LogP) is 2.37. The maximum Gasteiger partial charge on any atom is 0.165 e. The third kappa shape index (κ3) is 3.62. The van der Waals surface area contributed by atoms with Crippen LogP contribution >= 0.6 is 0 Å². The summed E-state index contributed by atoms with van der Waals surface area (Å²) in [7, 11) is 0. The Bertz CT molecular complexity index is 405.